The molecule has 3 nitrogen and oxygen atoms in total. The van der Waals surface area contributed by atoms with Crippen LogP contribution < -0.4 is 0 Å². The number of carbonyl (C=O) groups excluding carboxylic acids is 1. The Kier molecular flexibility index (Phi) is 5.49. The second kappa shape index (κ2) is 7.38. The minimum atomic E-state index is -0.609. The van der Waals surface area contributed by atoms with Gasteiger partial charge < -0.3 is 9.84 Å². The van der Waals surface area contributed by atoms with Gasteiger partial charge in [-0.1, -0.05) is 20.8 Å². The molecule has 0 radical (unpaired) electrons. The highest BCUT2D eigenvalue weighted by Gasteiger charge is 2.61. The van der Waals surface area contributed by atoms with Crippen LogP contribution in [0.3, 0.4) is 0 Å². The van der Waals surface area contributed by atoms with E-state index in [0.717, 1.165) is 56.5 Å². The normalized spacial score (nSPS) is 50.5. The maximum absolute atomic E-state index is 12.3. The number of Topliss-reactive ketones (excluding diaryl/α,β-unsaturated/α-hetero) is 1. The number of hydrogen-bond donors (Lipinski definition) is 1. The average Bonchev–Trinajstić information content (AvgIpc) is 3.00. The van der Waals surface area contributed by atoms with Gasteiger partial charge >= 0.3 is 0 Å². The molecule has 0 saturated heterocycles. The van der Waals surface area contributed by atoms with Crippen molar-refractivity contribution >= 4 is 5.78 Å². The van der Waals surface area contributed by atoms with E-state index >= 15 is 0 Å². The molecule has 0 heterocycles. The lowest BCUT2D eigenvalue weighted by Crippen LogP contribution is -2.56. The van der Waals surface area contributed by atoms with Crippen molar-refractivity contribution in [3.63, 3.8) is 0 Å². The fraction of sp³-hybridized carbons (Fsp3) is 0.960. The van der Waals surface area contributed by atoms with Crippen molar-refractivity contribution in [2.75, 3.05) is 13.2 Å². The molecule has 0 aliphatic heterocycles. The number of ketones is 1. The summed E-state index contributed by atoms with van der Waals surface area (Å²) in [4.78, 5) is 12.3. The van der Waals surface area contributed by atoms with E-state index in [1.54, 1.807) is 0 Å². The van der Waals surface area contributed by atoms with Crippen LogP contribution in [-0.4, -0.2) is 29.7 Å². The highest BCUT2D eigenvalue weighted by molar-refractivity contribution is 5.79. The van der Waals surface area contributed by atoms with Crippen molar-refractivity contribution in [3.05, 3.63) is 0 Å². The van der Waals surface area contributed by atoms with E-state index in [0.29, 0.717) is 29.6 Å². The van der Waals surface area contributed by atoms with Crippen molar-refractivity contribution in [3.8, 4) is 0 Å². The fourth-order valence-electron chi connectivity index (χ4n) is 8.53. The van der Waals surface area contributed by atoms with Crippen LogP contribution in [0.4, 0.5) is 0 Å². The van der Waals surface area contributed by atoms with Crippen molar-refractivity contribution in [2.24, 2.45) is 40.4 Å². The predicted octanol–water partition coefficient (Wildman–Crippen LogP) is 5.39. The number of carbonyl (C=O) groups is 1. The van der Waals surface area contributed by atoms with E-state index in [9.17, 15) is 9.90 Å². The number of fused-ring (bicyclic) bond motifs is 5. The Morgan fingerprint density at radius 2 is 1.75 bits per heavy atom. The van der Waals surface area contributed by atoms with Crippen molar-refractivity contribution in [1.29, 1.82) is 0 Å². The Morgan fingerprint density at radius 1 is 1.00 bits per heavy atom. The molecule has 4 fully saturated rings. The summed E-state index contributed by atoms with van der Waals surface area (Å²) in [6, 6.07) is 0. The van der Waals surface area contributed by atoms with Crippen LogP contribution in [0, 0.1) is 40.4 Å². The number of rotatable bonds is 5. The summed E-state index contributed by atoms with van der Waals surface area (Å²) < 4.78 is 5.77. The van der Waals surface area contributed by atoms with Crippen molar-refractivity contribution in [2.45, 2.75) is 97.5 Å². The summed E-state index contributed by atoms with van der Waals surface area (Å²) in [6.45, 7) is 10.2. The molecule has 0 bridgehead atoms. The summed E-state index contributed by atoms with van der Waals surface area (Å²) >= 11 is 0. The molecular formula is C25H42O3. The number of aliphatic hydroxyl groups is 1. The van der Waals surface area contributed by atoms with E-state index in [4.69, 9.17) is 4.74 Å². The Bertz CT molecular complexity index is 603. The molecular weight excluding hydrogens is 348 g/mol. The van der Waals surface area contributed by atoms with E-state index in [-0.39, 0.29) is 5.41 Å². The zero-order chi connectivity index (χ0) is 20.2. The average molecular weight is 391 g/mol. The molecule has 8 atom stereocenters. The first-order valence-electron chi connectivity index (χ1n) is 12.0. The molecule has 3 unspecified atom stereocenters. The fourth-order valence-corrected chi connectivity index (χ4v) is 8.53. The van der Waals surface area contributed by atoms with E-state index in [2.05, 4.69) is 20.8 Å². The molecule has 0 aromatic rings. The molecule has 0 spiro atoms. The maximum Gasteiger partial charge on any atom is 0.133 e. The van der Waals surface area contributed by atoms with Gasteiger partial charge in [0, 0.05) is 12.5 Å². The number of hydrogen-bond acceptors (Lipinski definition) is 3. The van der Waals surface area contributed by atoms with Gasteiger partial charge in [-0.2, -0.15) is 0 Å². The van der Waals surface area contributed by atoms with Crippen LogP contribution in [0.5, 0.6) is 0 Å². The van der Waals surface area contributed by atoms with E-state index < -0.39 is 5.60 Å². The van der Waals surface area contributed by atoms with Crippen LogP contribution in [0.25, 0.3) is 0 Å². The number of ether oxygens (including phenoxy) is 1. The zero-order valence-electron chi connectivity index (χ0n) is 18.6. The molecule has 4 aliphatic carbocycles. The van der Waals surface area contributed by atoms with Gasteiger partial charge in [0.05, 0.1) is 12.2 Å². The summed E-state index contributed by atoms with van der Waals surface area (Å²) in [5, 5.41) is 11.2. The lowest BCUT2D eigenvalue weighted by atomic mass is 9.44. The Labute approximate surface area is 172 Å². The summed E-state index contributed by atoms with van der Waals surface area (Å²) in [6.07, 6.45) is 11.4. The van der Waals surface area contributed by atoms with Crippen LogP contribution in [0.15, 0.2) is 0 Å². The molecule has 4 rings (SSSR count). The Balaban J connectivity index is 1.50. The zero-order valence-corrected chi connectivity index (χ0v) is 18.6. The Morgan fingerprint density at radius 3 is 2.46 bits per heavy atom. The molecule has 4 aliphatic rings. The van der Waals surface area contributed by atoms with Crippen LogP contribution in [-0.2, 0) is 9.53 Å². The molecule has 160 valence electrons. The van der Waals surface area contributed by atoms with Crippen LogP contribution >= 0.6 is 0 Å². The smallest absolute Gasteiger partial charge is 0.133 e. The third-order valence-electron chi connectivity index (χ3n) is 10.0. The quantitative estimate of drug-likeness (QED) is 0.640. The van der Waals surface area contributed by atoms with E-state index in [1.807, 2.05) is 6.92 Å². The largest absolute Gasteiger partial charge is 0.387 e. The lowest BCUT2D eigenvalue weighted by molar-refractivity contribution is -0.166. The lowest BCUT2D eigenvalue weighted by Gasteiger charge is -2.62. The second-order valence-corrected chi connectivity index (χ2v) is 11.4. The first-order chi connectivity index (χ1) is 13.2. The van der Waals surface area contributed by atoms with Gasteiger partial charge in [-0.05, 0) is 106 Å². The first-order valence-corrected chi connectivity index (χ1v) is 12.0. The predicted molar refractivity (Wildman–Crippen MR) is 112 cm³/mol. The molecule has 0 aromatic carbocycles. The first kappa shape index (κ1) is 20.8. The summed E-state index contributed by atoms with van der Waals surface area (Å²) in [7, 11) is 0. The third-order valence-corrected chi connectivity index (χ3v) is 10.0. The van der Waals surface area contributed by atoms with Crippen LogP contribution in [0.1, 0.15) is 91.9 Å². The van der Waals surface area contributed by atoms with Gasteiger partial charge in [-0.25, -0.2) is 0 Å². The van der Waals surface area contributed by atoms with Crippen LogP contribution in [0.2, 0.25) is 0 Å². The second-order valence-electron chi connectivity index (χ2n) is 11.4. The molecule has 28 heavy (non-hydrogen) atoms. The van der Waals surface area contributed by atoms with Crippen molar-refractivity contribution in [1.82, 2.24) is 0 Å². The Hall–Kier alpha value is -0.410. The van der Waals surface area contributed by atoms with Gasteiger partial charge in [0.1, 0.15) is 5.78 Å². The van der Waals surface area contributed by atoms with Gasteiger partial charge in [0.2, 0.25) is 0 Å². The van der Waals surface area contributed by atoms with Gasteiger partial charge in [0.15, 0.2) is 0 Å². The van der Waals surface area contributed by atoms with Crippen molar-refractivity contribution < 1.29 is 14.6 Å². The molecule has 0 aromatic heterocycles. The molecule has 3 heteroatoms. The SMILES string of the molecule is CCCOC[C@@]1(O)CC[C@]2(C)C3CC[C@@]4(C)C(CC[C@@H]4C(C)=O)C3CC[C@H]2C1. The molecule has 4 saturated carbocycles. The molecule has 1 N–H and O–H groups in total. The standard InChI is InChI=1S/C25H42O3/c1-5-14-28-16-25(27)13-12-23(3)18(15-25)6-7-19-21-9-8-20(17(2)26)24(21,4)11-10-22(19)23/h18-22,27H,5-16H2,1-4H3/t18-,19?,20+,21?,22?,23-,24+,25+/m0/s1. The highest BCUT2D eigenvalue weighted by Crippen LogP contribution is 2.68. The van der Waals surface area contributed by atoms with Gasteiger partial charge in [0.25, 0.3) is 0 Å². The summed E-state index contributed by atoms with van der Waals surface area (Å²) in [5.41, 5.74) is 0.0115. The topological polar surface area (TPSA) is 46.5 Å². The minimum absolute atomic E-state index is 0.250. The molecule has 0 amide bonds. The van der Waals surface area contributed by atoms with Gasteiger partial charge in [-0.15, -0.1) is 0 Å². The van der Waals surface area contributed by atoms with E-state index in [1.165, 1.54) is 32.1 Å². The van der Waals surface area contributed by atoms with Gasteiger partial charge in [-0.3, -0.25) is 4.79 Å². The monoisotopic (exact) mass is 390 g/mol. The minimum Gasteiger partial charge on any atom is -0.387 e. The highest BCUT2D eigenvalue weighted by atomic mass is 16.5. The third kappa shape index (κ3) is 3.20. The maximum atomic E-state index is 12.3. The summed E-state index contributed by atoms with van der Waals surface area (Å²) in [5.74, 6) is 3.69.